The Labute approximate surface area is 173 Å². The Hall–Kier alpha value is -4.13. The first-order chi connectivity index (χ1) is 14.6. The molecule has 0 aromatic heterocycles. The molecule has 2 N–H and O–H groups in total. The lowest BCUT2D eigenvalue weighted by Crippen LogP contribution is -2.32. The molecule has 0 saturated heterocycles. The lowest BCUT2D eigenvalue weighted by molar-refractivity contribution is -0.146. The van der Waals surface area contributed by atoms with Crippen molar-refractivity contribution < 1.29 is 23.9 Å². The van der Waals surface area contributed by atoms with Crippen molar-refractivity contribution in [2.24, 2.45) is 0 Å². The molecule has 0 fully saturated rings. The molecule has 0 spiro atoms. The minimum Gasteiger partial charge on any atom is -0.455 e. The molecule has 0 heterocycles. The fraction of sp³-hybridized carbons (Fsp3) is 0.0870. The van der Waals surface area contributed by atoms with Gasteiger partial charge in [-0.2, -0.15) is 0 Å². The van der Waals surface area contributed by atoms with Crippen LogP contribution in [0, 0.1) is 0 Å². The molecule has 3 aromatic rings. The second-order valence-corrected chi connectivity index (χ2v) is 6.17. The van der Waals surface area contributed by atoms with Gasteiger partial charge in [0.2, 0.25) is 0 Å². The van der Waals surface area contributed by atoms with Crippen LogP contribution in [0.4, 0.5) is 5.69 Å². The van der Waals surface area contributed by atoms with Gasteiger partial charge in [0.25, 0.3) is 11.8 Å². The number of hydrogen-bond donors (Lipinski definition) is 2. The van der Waals surface area contributed by atoms with Gasteiger partial charge in [0.15, 0.2) is 12.4 Å². The summed E-state index contributed by atoms with van der Waals surface area (Å²) in [5.74, 6) is -0.563. The van der Waals surface area contributed by atoms with Crippen LogP contribution in [-0.4, -0.2) is 30.9 Å². The van der Waals surface area contributed by atoms with Gasteiger partial charge in [0.1, 0.15) is 12.3 Å². The fourth-order valence-electron chi connectivity index (χ4n) is 2.50. The number of esters is 1. The topological polar surface area (TPSA) is 93.7 Å². The third kappa shape index (κ3) is 6.20. The average molecular weight is 404 g/mol. The summed E-state index contributed by atoms with van der Waals surface area (Å²) in [6, 6.07) is 24.5. The van der Waals surface area contributed by atoms with Crippen molar-refractivity contribution in [2.45, 2.75) is 0 Å². The maximum atomic E-state index is 12.1. The number of hydrogen-bond acceptors (Lipinski definition) is 5. The van der Waals surface area contributed by atoms with E-state index in [9.17, 15) is 14.4 Å². The van der Waals surface area contributed by atoms with Crippen LogP contribution in [0.25, 0.3) is 0 Å². The van der Waals surface area contributed by atoms with Crippen molar-refractivity contribution in [1.82, 2.24) is 5.32 Å². The molecule has 0 aliphatic rings. The van der Waals surface area contributed by atoms with E-state index in [1.165, 1.54) is 0 Å². The molecule has 0 saturated carbocycles. The highest BCUT2D eigenvalue weighted by atomic mass is 16.5. The summed E-state index contributed by atoms with van der Waals surface area (Å²) < 4.78 is 10.7. The molecule has 3 aromatic carbocycles. The summed E-state index contributed by atoms with van der Waals surface area (Å²) in [6.45, 7) is -0.825. The summed E-state index contributed by atoms with van der Waals surface area (Å²) in [5.41, 5.74) is 0.873. The van der Waals surface area contributed by atoms with Crippen LogP contribution in [-0.2, 0) is 14.3 Å². The summed E-state index contributed by atoms with van der Waals surface area (Å²) in [4.78, 5) is 35.9. The molecule has 0 unspecified atom stereocenters. The summed E-state index contributed by atoms with van der Waals surface area (Å²) >= 11 is 0. The van der Waals surface area contributed by atoms with E-state index in [2.05, 4.69) is 10.6 Å². The number of amides is 2. The van der Waals surface area contributed by atoms with Crippen LogP contribution in [0.2, 0.25) is 0 Å². The van der Waals surface area contributed by atoms with Crippen LogP contribution in [0.15, 0.2) is 84.9 Å². The van der Waals surface area contributed by atoms with E-state index in [1.54, 1.807) is 66.7 Å². The van der Waals surface area contributed by atoms with E-state index in [0.29, 0.717) is 22.7 Å². The highest BCUT2D eigenvalue weighted by Gasteiger charge is 2.12. The lowest BCUT2D eigenvalue weighted by atomic mass is 10.2. The zero-order valence-corrected chi connectivity index (χ0v) is 16.0. The molecule has 7 heteroatoms. The molecule has 7 nitrogen and oxygen atoms in total. The number of nitrogens with one attached hydrogen (secondary N) is 2. The second kappa shape index (κ2) is 10.4. The molecule has 152 valence electrons. The van der Waals surface area contributed by atoms with Crippen molar-refractivity contribution in [3.8, 4) is 11.5 Å². The zero-order chi connectivity index (χ0) is 21.2. The monoisotopic (exact) mass is 404 g/mol. The molecule has 0 aliphatic heterocycles. The Morgan fingerprint density at radius 1 is 0.767 bits per heavy atom. The van der Waals surface area contributed by atoms with Crippen LogP contribution in [0.1, 0.15) is 10.4 Å². The third-order valence-electron chi connectivity index (χ3n) is 3.93. The van der Waals surface area contributed by atoms with Gasteiger partial charge in [0, 0.05) is 5.56 Å². The normalized spacial score (nSPS) is 10.0. The van der Waals surface area contributed by atoms with Gasteiger partial charge in [-0.05, 0) is 36.4 Å². The van der Waals surface area contributed by atoms with Gasteiger partial charge in [0.05, 0.1) is 5.69 Å². The van der Waals surface area contributed by atoms with Crippen molar-refractivity contribution in [2.75, 3.05) is 18.5 Å². The van der Waals surface area contributed by atoms with E-state index in [0.717, 1.165) is 0 Å². The molecule has 2 amide bonds. The van der Waals surface area contributed by atoms with Gasteiger partial charge in [-0.3, -0.25) is 14.4 Å². The number of benzene rings is 3. The minimum atomic E-state index is -0.719. The largest absolute Gasteiger partial charge is 0.455 e. The second-order valence-electron chi connectivity index (χ2n) is 6.17. The number of carbonyl (C=O) groups excluding carboxylic acids is 3. The fourth-order valence-corrected chi connectivity index (χ4v) is 2.50. The highest BCUT2D eigenvalue weighted by molar-refractivity contribution is 5.96. The van der Waals surface area contributed by atoms with Gasteiger partial charge in [-0.15, -0.1) is 0 Å². The number of carbonyl (C=O) groups is 3. The summed E-state index contributed by atoms with van der Waals surface area (Å²) in [6.07, 6.45) is 0. The number of para-hydroxylation sites is 3. The first-order valence-electron chi connectivity index (χ1n) is 9.22. The quantitative estimate of drug-likeness (QED) is 0.562. The standard InChI is InChI=1S/C23H20N2O5/c26-21(16-29-22(27)15-24-23(28)17-9-3-1-4-10-17)25-19-13-7-8-14-20(19)30-18-11-5-2-6-12-18/h1-14H,15-16H2,(H,24,28)(H,25,26). The van der Waals surface area contributed by atoms with Gasteiger partial charge >= 0.3 is 5.97 Å². The average Bonchev–Trinajstić information content (AvgIpc) is 2.78. The number of ether oxygens (including phenoxy) is 2. The maximum Gasteiger partial charge on any atom is 0.325 e. The molecule has 3 rings (SSSR count). The van der Waals surface area contributed by atoms with Gasteiger partial charge in [-0.25, -0.2) is 0 Å². The number of anilines is 1. The van der Waals surface area contributed by atoms with Crippen LogP contribution < -0.4 is 15.4 Å². The van der Waals surface area contributed by atoms with Crippen molar-refractivity contribution in [3.05, 3.63) is 90.5 Å². The van der Waals surface area contributed by atoms with Gasteiger partial charge in [-0.1, -0.05) is 48.5 Å². The SMILES string of the molecule is O=C(COC(=O)CNC(=O)c1ccccc1)Nc1ccccc1Oc1ccccc1. The Balaban J connectivity index is 1.47. The van der Waals surface area contributed by atoms with Gasteiger partial charge < -0.3 is 20.1 Å². The van der Waals surface area contributed by atoms with Crippen molar-refractivity contribution in [1.29, 1.82) is 0 Å². The Morgan fingerprint density at radius 2 is 1.40 bits per heavy atom. The van der Waals surface area contributed by atoms with E-state index < -0.39 is 24.4 Å². The highest BCUT2D eigenvalue weighted by Crippen LogP contribution is 2.28. The minimum absolute atomic E-state index is 0.339. The summed E-state index contributed by atoms with van der Waals surface area (Å²) in [5, 5.41) is 5.09. The van der Waals surface area contributed by atoms with Crippen molar-refractivity contribution >= 4 is 23.5 Å². The summed E-state index contributed by atoms with van der Waals surface area (Å²) in [7, 11) is 0. The predicted molar refractivity (Wildman–Crippen MR) is 111 cm³/mol. The Kier molecular flexibility index (Phi) is 7.16. The number of rotatable bonds is 8. The molecular formula is C23H20N2O5. The molecule has 30 heavy (non-hydrogen) atoms. The molecule has 0 bridgehead atoms. The lowest BCUT2D eigenvalue weighted by Gasteiger charge is -2.12. The Bertz CT molecular complexity index is 1010. The first-order valence-corrected chi connectivity index (χ1v) is 9.22. The van der Waals surface area contributed by atoms with Crippen molar-refractivity contribution in [3.63, 3.8) is 0 Å². The molecule has 0 aliphatic carbocycles. The van der Waals surface area contributed by atoms with E-state index in [-0.39, 0.29) is 6.54 Å². The zero-order valence-electron chi connectivity index (χ0n) is 16.0. The Morgan fingerprint density at radius 3 is 2.13 bits per heavy atom. The van der Waals surface area contributed by atoms with Crippen LogP contribution >= 0.6 is 0 Å². The van der Waals surface area contributed by atoms with Crippen LogP contribution in [0.3, 0.4) is 0 Å². The predicted octanol–water partition coefficient (Wildman–Crippen LogP) is 3.39. The van der Waals surface area contributed by atoms with Crippen LogP contribution in [0.5, 0.6) is 11.5 Å². The van der Waals surface area contributed by atoms with E-state index in [1.807, 2.05) is 18.2 Å². The molecule has 0 radical (unpaired) electrons. The van der Waals surface area contributed by atoms with E-state index >= 15 is 0 Å². The third-order valence-corrected chi connectivity index (χ3v) is 3.93. The first kappa shape index (κ1) is 20.6. The molecular weight excluding hydrogens is 384 g/mol. The van der Waals surface area contributed by atoms with E-state index in [4.69, 9.17) is 9.47 Å². The molecule has 0 atom stereocenters. The smallest absolute Gasteiger partial charge is 0.325 e. The maximum absolute atomic E-state index is 12.1.